The zero-order chi connectivity index (χ0) is 19.0. The molecule has 27 heavy (non-hydrogen) atoms. The molecular formula is C21H26N4O2. The summed E-state index contributed by atoms with van der Waals surface area (Å²) >= 11 is 0. The minimum Gasteiger partial charge on any atom is -0.336 e. The first-order valence-corrected chi connectivity index (χ1v) is 9.82. The number of nitrogens with zero attached hydrogens (tertiary/aromatic N) is 3. The summed E-state index contributed by atoms with van der Waals surface area (Å²) in [6, 6.07) is 5.94. The Morgan fingerprint density at radius 1 is 1.04 bits per heavy atom. The number of imidazole rings is 1. The molecule has 0 saturated carbocycles. The number of carbonyl (C=O) groups excluding carboxylic acids is 2. The molecular weight excluding hydrogens is 340 g/mol. The molecule has 0 atom stereocenters. The number of carbonyl (C=O) groups is 2. The molecule has 0 bridgehead atoms. The lowest BCUT2D eigenvalue weighted by atomic mass is 10.1. The molecule has 6 nitrogen and oxygen atoms in total. The van der Waals surface area contributed by atoms with Crippen LogP contribution in [0, 0.1) is 13.8 Å². The summed E-state index contributed by atoms with van der Waals surface area (Å²) in [5.74, 6) is 0.159. The van der Waals surface area contributed by atoms with Crippen molar-refractivity contribution in [1.29, 1.82) is 0 Å². The first-order valence-electron chi connectivity index (χ1n) is 9.82. The summed E-state index contributed by atoms with van der Waals surface area (Å²) in [6.07, 6.45) is 4.91. The number of rotatable bonds is 3. The van der Waals surface area contributed by atoms with E-state index in [-0.39, 0.29) is 11.8 Å². The molecule has 3 heterocycles. The molecule has 2 amide bonds. The molecule has 1 aromatic carbocycles. The topological polar surface area (TPSA) is 67.2 Å². The maximum absolute atomic E-state index is 13.0. The number of aryl methyl sites for hydroxylation is 2. The lowest BCUT2D eigenvalue weighted by molar-refractivity contribution is 0.0774. The van der Waals surface area contributed by atoms with Gasteiger partial charge in [-0.15, -0.1) is 0 Å². The maximum atomic E-state index is 13.0. The van der Waals surface area contributed by atoms with Gasteiger partial charge in [0.2, 0.25) is 0 Å². The number of benzene rings is 1. The summed E-state index contributed by atoms with van der Waals surface area (Å²) < 4.78 is 1.97. The van der Waals surface area contributed by atoms with Crippen molar-refractivity contribution >= 4 is 17.5 Å². The molecule has 1 N–H and O–H groups in total. The second-order valence-corrected chi connectivity index (χ2v) is 7.61. The van der Waals surface area contributed by atoms with Gasteiger partial charge in [0, 0.05) is 25.3 Å². The zero-order valence-electron chi connectivity index (χ0n) is 16.0. The van der Waals surface area contributed by atoms with Gasteiger partial charge in [0.05, 0.1) is 5.69 Å². The Hall–Kier alpha value is -2.63. The number of likely N-dealkylation sites (tertiary alicyclic amines) is 1. The zero-order valence-corrected chi connectivity index (χ0v) is 16.0. The third-order valence-electron chi connectivity index (χ3n) is 5.55. The van der Waals surface area contributed by atoms with Gasteiger partial charge in [-0.05, 0) is 57.6 Å². The molecule has 2 aliphatic rings. The number of nitrogens with one attached hydrogen (secondary N) is 1. The highest BCUT2D eigenvalue weighted by Gasteiger charge is 2.30. The monoisotopic (exact) mass is 366 g/mol. The Bertz CT molecular complexity index is 894. The largest absolute Gasteiger partial charge is 0.336 e. The molecule has 0 radical (unpaired) electrons. The van der Waals surface area contributed by atoms with Crippen LogP contribution >= 0.6 is 0 Å². The van der Waals surface area contributed by atoms with Gasteiger partial charge < -0.3 is 14.8 Å². The van der Waals surface area contributed by atoms with Crippen LogP contribution in [0.1, 0.15) is 63.6 Å². The third-order valence-corrected chi connectivity index (χ3v) is 5.55. The summed E-state index contributed by atoms with van der Waals surface area (Å²) in [4.78, 5) is 32.3. The first kappa shape index (κ1) is 17.8. The number of hydrogen-bond donors (Lipinski definition) is 1. The molecule has 1 fully saturated rings. The van der Waals surface area contributed by atoms with Gasteiger partial charge in [0.15, 0.2) is 11.5 Å². The minimum absolute atomic E-state index is 0.0405. The molecule has 2 aromatic rings. The Morgan fingerprint density at radius 3 is 2.52 bits per heavy atom. The van der Waals surface area contributed by atoms with Gasteiger partial charge in [-0.2, -0.15) is 0 Å². The maximum Gasteiger partial charge on any atom is 0.289 e. The second kappa shape index (κ2) is 7.18. The molecule has 0 spiro atoms. The Morgan fingerprint density at radius 2 is 1.78 bits per heavy atom. The van der Waals surface area contributed by atoms with Crippen molar-refractivity contribution < 1.29 is 9.59 Å². The highest BCUT2D eigenvalue weighted by molar-refractivity contribution is 6.05. The summed E-state index contributed by atoms with van der Waals surface area (Å²) in [7, 11) is 0. The van der Waals surface area contributed by atoms with Gasteiger partial charge in [-0.3, -0.25) is 9.59 Å². The number of fused-ring (bicyclic) bond motifs is 1. The number of amides is 2. The SMILES string of the molecule is Cc1ccc(NC(=O)c2nc(C(=O)N3CCCC3)n3c2CCCC3)c(C)c1. The summed E-state index contributed by atoms with van der Waals surface area (Å²) in [6.45, 7) is 6.33. The van der Waals surface area contributed by atoms with Crippen molar-refractivity contribution in [2.45, 2.75) is 52.5 Å². The Kier molecular flexibility index (Phi) is 4.72. The number of hydrogen-bond acceptors (Lipinski definition) is 3. The van der Waals surface area contributed by atoms with Gasteiger partial charge in [0.1, 0.15) is 0 Å². The summed E-state index contributed by atoms with van der Waals surface area (Å²) in [5.41, 5.74) is 4.26. The van der Waals surface area contributed by atoms with Gasteiger partial charge in [-0.25, -0.2) is 4.98 Å². The number of anilines is 1. The Labute approximate surface area is 159 Å². The van der Waals surface area contributed by atoms with E-state index in [4.69, 9.17) is 0 Å². The summed E-state index contributed by atoms with van der Waals surface area (Å²) in [5, 5.41) is 2.99. The predicted molar refractivity (Wildman–Crippen MR) is 104 cm³/mol. The molecule has 1 saturated heterocycles. The van der Waals surface area contributed by atoms with E-state index in [1.54, 1.807) is 0 Å². The van der Waals surface area contributed by atoms with E-state index in [2.05, 4.69) is 10.3 Å². The van der Waals surface area contributed by atoms with Gasteiger partial charge >= 0.3 is 0 Å². The standard InChI is InChI=1S/C21H26N4O2/c1-14-8-9-16(15(2)13-14)22-20(26)18-17-7-3-4-12-25(17)19(23-18)21(27)24-10-5-6-11-24/h8-9,13H,3-7,10-12H2,1-2H3,(H,22,26). The molecule has 2 aliphatic heterocycles. The lowest BCUT2D eigenvalue weighted by Gasteiger charge is -2.19. The molecule has 6 heteroatoms. The average Bonchev–Trinajstić information content (AvgIpc) is 3.31. The van der Waals surface area contributed by atoms with Crippen molar-refractivity contribution in [3.63, 3.8) is 0 Å². The highest BCUT2D eigenvalue weighted by Crippen LogP contribution is 2.25. The quantitative estimate of drug-likeness (QED) is 0.906. The van der Waals surface area contributed by atoms with E-state index < -0.39 is 0 Å². The van der Waals surface area contributed by atoms with Crippen molar-refractivity contribution in [2.75, 3.05) is 18.4 Å². The smallest absolute Gasteiger partial charge is 0.289 e. The fourth-order valence-electron chi connectivity index (χ4n) is 4.09. The van der Waals surface area contributed by atoms with Gasteiger partial charge in [-0.1, -0.05) is 17.7 Å². The van der Waals surface area contributed by atoms with E-state index in [1.807, 2.05) is 41.5 Å². The molecule has 4 rings (SSSR count). The van der Waals surface area contributed by atoms with Crippen molar-refractivity contribution in [3.05, 3.63) is 46.5 Å². The van der Waals surface area contributed by atoms with Crippen LogP contribution in [-0.4, -0.2) is 39.4 Å². The van der Waals surface area contributed by atoms with E-state index in [9.17, 15) is 9.59 Å². The minimum atomic E-state index is -0.229. The normalized spacial score (nSPS) is 16.3. The van der Waals surface area contributed by atoms with Crippen LogP contribution in [-0.2, 0) is 13.0 Å². The molecule has 1 aromatic heterocycles. The van der Waals surface area contributed by atoms with E-state index in [1.165, 1.54) is 0 Å². The van der Waals surface area contributed by atoms with Crippen LogP contribution in [0.25, 0.3) is 0 Å². The van der Waals surface area contributed by atoms with Crippen LogP contribution in [0.15, 0.2) is 18.2 Å². The molecule has 142 valence electrons. The fourth-order valence-corrected chi connectivity index (χ4v) is 4.09. The van der Waals surface area contributed by atoms with E-state index in [0.717, 1.165) is 74.2 Å². The van der Waals surface area contributed by atoms with Gasteiger partial charge in [0.25, 0.3) is 11.8 Å². The van der Waals surface area contributed by atoms with Crippen molar-refractivity contribution in [2.24, 2.45) is 0 Å². The molecule has 0 aliphatic carbocycles. The van der Waals surface area contributed by atoms with Crippen LogP contribution in [0.5, 0.6) is 0 Å². The van der Waals surface area contributed by atoms with Crippen LogP contribution < -0.4 is 5.32 Å². The van der Waals surface area contributed by atoms with Crippen LogP contribution in [0.3, 0.4) is 0 Å². The first-order chi connectivity index (χ1) is 13.0. The fraction of sp³-hybridized carbons (Fsp3) is 0.476. The van der Waals surface area contributed by atoms with Crippen LogP contribution in [0.4, 0.5) is 5.69 Å². The average molecular weight is 366 g/mol. The molecule has 0 unspecified atom stereocenters. The van der Waals surface area contributed by atoms with E-state index >= 15 is 0 Å². The highest BCUT2D eigenvalue weighted by atomic mass is 16.2. The van der Waals surface area contributed by atoms with Crippen LogP contribution in [0.2, 0.25) is 0 Å². The second-order valence-electron chi connectivity index (χ2n) is 7.61. The van der Waals surface area contributed by atoms with Crippen molar-refractivity contribution in [1.82, 2.24) is 14.5 Å². The van der Waals surface area contributed by atoms with E-state index in [0.29, 0.717) is 11.5 Å². The number of aromatic nitrogens is 2. The third kappa shape index (κ3) is 3.36. The lowest BCUT2D eigenvalue weighted by Crippen LogP contribution is -2.31. The predicted octanol–water partition coefficient (Wildman–Crippen LogP) is 3.32. The van der Waals surface area contributed by atoms with Crippen molar-refractivity contribution in [3.8, 4) is 0 Å². The Balaban J connectivity index is 1.65.